The molecule has 42 heavy (non-hydrogen) atoms. The minimum Gasteiger partial charge on any atom is -0.465 e. The van der Waals surface area contributed by atoms with E-state index >= 15 is 4.39 Å². The summed E-state index contributed by atoms with van der Waals surface area (Å²) in [6, 6.07) is 7.11. The lowest BCUT2D eigenvalue weighted by atomic mass is 9.75. The standard InChI is InChI=1S/C28H30BrClFN5O6/c1-27(2,3)13-28(18-8-5-15(29)11-20(18)31)23(38)36(24(35-28)34-25(39)40)21(12-42-26(41)33-16-6-7-16)14-4-9-19(30)17(10-14)22(32)37/h4-5,8-11,16,21H,6-7,12-13H2,1-3H3,(H2,32,37)(H,33,41)(H,34,35)(H,39,40)/t21?,28-/m1/s1. The van der Waals surface area contributed by atoms with E-state index < -0.39 is 59.4 Å². The van der Waals surface area contributed by atoms with Crippen molar-refractivity contribution in [3.63, 3.8) is 0 Å². The first-order valence-electron chi connectivity index (χ1n) is 13.0. The van der Waals surface area contributed by atoms with Crippen LogP contribution >= 0.6 is 27.5 Å². The molecule has 2 aliphatic rings. The van der Waals surface area contributed by atoms with E-state index in [1.54, 1.807) is 6.07 Å². The van der Waals surface area contributed by atoms with Gasteiger partial charge in [-0.3, -0.25) is 19.8 Å². The van der Waals surface area contributed by atoms with Gasteiger partial charge in [0.1, 0.15) is 12.4 Å². The average Bonchev–Trinajstić information content (AvgIpc) is 3.64. The zero-order valence-electron chi connectivity index (χ0n) is 23.0. The van der Waals surface area contributed by atoms with E-state index in [0.717, 1.165) is 17.7 Å². The average molecular weight is 667 g/mol. The Kier molecular flexibility index (Phi) is 8.84. The number of carbonyl (C=O) groups is 4. The molecule has 0 aromatic heterocycles. The smallest absolute Gasteiger partial charge is 0.411 e. The van der Waals surface area contributed by atoms with Crippen LogP contribution in [0.4, 0.5) is 14.0 Å². The topological polar surface area (TPSA) is 163 Å². The van der Waals surface area contributed by atoms with Gasteiger partial charge in [-0.15, -0.1) is 0 Å². The Balaban J connectivity index is 1.89. The summed E-state index contributed by atoms with van der Waals surface area (Å²) in [5, 5.41) is 14.6. The number of alkyl carbamates (subject to hydrolysis) is 1. The maximum absolute atomic E-state index is 15.6. The summed E-state index contributed by atoms with van der Waals surface area (Å²) in [7, 11) is 0. The molecule has 0 radical (unpaired) electrons. The number of nitrogens with one attached hydrogen (secondary N) is 2. The Bertz CT molecular complexity index is 1480. The van der Waals surface area contributed by atoms with Crippen molar-refractivity contribution in [1.82, 2.24) is 15.5 Å². The lowest BCUT2D eigenvalue weighted by Gasteiger charge is -2.35. The number of nitrogens with zero attached hydrogens (tertiary/aromatic N) is 2. The minimum absolute atomic E-state index is 0.0123. The van der Waals surface area contributed by atoms with Crippen molar-refractivity contribution in [3.05, 3.63) is 68.4 Å². The molecule has 0 saturated heterocycles. The number of halogens is 3. The van der Waals surface area contributed by atoms with Crippen molar-refractivity contribution in [2.24, 2.45) is 16.1 Å². The lowest BCUT2D eigenvalue weighted by Crippen LogP contribution is -2.50. The second-order valence-electron chi connectivity index (χ2n) is 11.4. The molecule has 1 heterocycles. The molecule has 4 rings (SSSR count). The van der Waals surface area contributed by atoms with Crippen LogP contribution in [0.1, 0.15) is 67.6 Å². The number of aliphatic imine (C=N–C) groups is 1. The molecule has 1 saturated carbocycles. The molecule has 1 unspecified atom stereocenters. The van der Waals surface area contributed by atoms with Gasteiger partial charge in [0.25, 0.3) is 5.91 Å². The number of hydrogen-bond donors (Lipinski definition) is 4. The number of primary amides is 1. The Morgan fingerprint density at radius 3 is 2.52 bits per heavy atom. The van der Waals surface area contributed by atoms with Crippen LogP contribution in [0.15, 0.2) is 45.9 Å². The maximum Gasteiger partial charge on any atom is 0.411 e. The highest BCUT2D eigenvalue weighted by atomic mass is 79.9. The predicted octanol–water partition coefficient (Wildman–Crippen LogP) is 5.07. The summed E-state index contributed by atoms with van der Waals surface area (Å²) >= 11 is 9.39. The van der Waals surface area contributed by atoms with Crippen LogP contribution in [0.2, 0.25) is 5.02 Å². The van der Waals surface area contributed by atoms with Crippen molar-refractivity contribution in [2.75, 3.05) is 6.61 Å². The molecule has 2 aromatic rings. The zero-order chi connectivity index (χ0) is 31.0. The highest BCUT2D eigenvalue weighted by Crippen LogP contribution is 2.46. The second-order valence-corrected chi connectivity index (χ2v) is 12.7. The Morgan fingerprint density at radius 2 is 1.95 bits per heavy atom. The van der Waals surface area contributed by atoms with Gasteiger partial charge in [0, 0.05) is 16.1 Å². The van der Waals surface area contributed by atoms with Gasteiger partial charge in [-0.2, -0.15) is 0 Å². The van der Waals surface area contributed by atoms with E-state index in [1.165, 1.54) is 30.3 Å². The van der Waals surface area contributed by atoms with Gasteiger partial charge < -0.3 is 20.9 Å². The van der Waals surface area contributed by atoms with Gasteiger partial charge in [-0.25, -0.2) is 19.0 Å². The van der Waals surface area contributed by atoms with Crippen molar-refractivity contribution in [2.45, 2.75) is 57.7 Å². The highest BCUT2D eigenvalue weighted by molar-refractivity contribution is 9.10. The first-order chi connectivity index (χ1) is 19.6. The molecule has 0 spiro atoms. The number of nitrogens with two attached hydrogens (primary N) is 1. The predicted molar refractivity (Wildman–Crippen MR) is 156 cm³/mol. The number of amides is 4. The Labute approximate surface area is 254 Å². The summed E-state index contributed by atoms with van der Waals surface area (Å²) < 4.78 is 21.4. The van der Waals surface area contributed by atoms with Gasteiger partial charge >= 0.3 is 12.2 Å². The number of carboxylic acid groups (broad SMARTS) is 1. The molecular weight excluding hydrogens is 637 g/mol. The minimum atomic E-state index is -1.89. The summed E-state index contributed by atoms with van der Waals surface area (Å²) in [4.78, 5) is 56.7. The van der Waals surface area contributed by atoms with Gasteiger partial charge in [-0.1, -0.05) is 60.4 Å². The Hall–Kier alpha value is -3.71. The molecular formula is C28H30BrClFN5O6. The molecule has 1 aliphatic carbocycles. The van der Waals surface area contributed by atoms with Gasteiger partial charge in [0.15, 0.2) is 5.54 Å². The third kappa shape index (κ3) is 6.84. The normalized spacial score (nSPS) is 19.2. The van der Waals surface area contributed by atoms with Gasteiger partial charge in [0.05, 0.1) is 16.6 Å². The molecule has 1 fully saturated rings. The van der Waals surface area contributed by atoms with Gasteiger partial charge in [0.2, 0.25) is 11.9 Å². The first kappa shape index (κ1) is 31.2. The number of rotatable bonds is 8. The molecule has 0 bridgehead atoms. The van der Waals surface area contributed by atoms with E-state index in [2.05, 4.69) is 31.6 Å². The van der Waals surface area contributed by atoms with Crippen LogP contribution in [0, 0.1) is 11.2 Å². The largest absolute Gasteiger partial charge is 0.465 e. The molecule has 14 heteroatoms. The zero-order valence-corrected chi connectivity index (χ0v) is 25.4. The fourth-order valence-electron chi connectivity index (χ4n) is 4.88. The monoisotopic (exact) mass is 665 g/mol. The van der Waals surface area contributed by atoms with Crippen molar-refractivity contribution in [3.8, 4) is 0 Å². The fourth-order valence-corrected chi connectivity index (χ4v) is 5.42. The lowest BCUT2D eigenvalue weighted by molar-refractivity contribution is -0.135. The van der Waals surface area contributed by atoms with Crippen molar-refractivity contribution in [1.29, 1.82) is 0 Å². The summed E-state index contributed by atoms with van der Waals surface area (Å²) in [6.45, 7) is 5.03. The third-order valence-electron chi connectivity index (χ3n) is 6.70. The highest BCUT2D eigenvalue weighted by Gasteiger charge is 2.55. The quantitative estimate of drug-likeness (QED) is 0.308. The Morgan fingerprint density at radius 1 is 1.26 bits per heavy atom. The van der Waals surface area contributed by atoms with Crippen LogP contribution in [-0.4, -0.2) is 52.6 Å². The van der Waals surface area contributed by atoms with Crippen LogP contribution < -0.4 is 16.4 Å². The van der Waals surface area contributed by atoms with Crippen molar-refractivity contribution >= 4 is 57.5 Å². The number of guanidine groups is 1. The van der Waals surface area contributed by atoms with Crippen LogP contribution in [-0.2, 0) is 15.1 Å². The van der Waals surface area contributed by atoms with Crippen LogP contribution in [0.5, 0.6) is 0 Å². The molecule has 224 valence electrons. The van der Waals surface area contributed by atoms with E-state index in [1.807, 2.05) is 20.8 Å². The van der Waals surface area contributed by atoms with E-state index in [4.69, 9.17) is 22.1 Å². The number of carbonyl (C=O) groups excluding carboxylic acids is 3. The molecule has 2 aromatic carbocycles. The van der Waals surface area contributed by atoms with Crippen LogP contribution in [0.25, 0.3) is 0 Å². The SMILES string of the molecule is CC(C)(C)C[C@]1(c2ccc(Br)cc2F)N=C(NC(=O)O)N(C(COC(=O)NC2CC2)c2ccc(Cl)c(C(N)=O)c2)C1=O. The second kappa shape index (κ2) is 11.9. The molecule has 11 nitrogen and oxygen atoms in total. The van der Waals surface area contributed by atoms with E-state index in [9.17, 15) is 24.3 Å². The fraction of sp³-hybridized carbons (Fsp3) is 0.393. The number of benzene rings is 2. The molecule has 5 N–H and O–H groups in total. The molecule has 4 amide bonds. The number of ether oxygens (including phenoxy) is 1. The molecule has 1 aliphatic heterocycles. The van der Waals surface area contributed by atoms with E-state index in [-0.39, 0.29) is 34.2 Å². The first-order valence-corrected chi connectivity index (χ1v) is 14.2. The summed E-state index contributed by atoms with van der Waals surface area (Å²) in [5.41, 5.74) is 3.10. The third-order valence-corrected chi connectivity index (χ3v) is 7.53. The van der Waals surface area contributed by atoms with Crippen molar-refractivity contribution < 1.29 is 33.4 Å². The van der Waals surface area contributed by atoms with E-state index in [0.29, 0.717) is 4.47 Å². The maximum atomic E-state index is 15.6. The number of hydrogen-bond acceptors (Lipinski definition) is 6. The van der Waals surface area contributed by atoms with Gasteiger partial charge in [-0.05, 0) is 54.5 Å². The summed E-state index contributed by atoms with van der Waals surface area (Å²) in [6.07, 6.45) is -0.690. The molecule has 2 atom stereocenters. The van der Waals surface area contributed by atoms with Crippen LogP contribution in [0.3, 0.4) is 0 Å². The summed E-state index contributed by atoms with van der Waals surface area (Å²) in [5.74, 6) is -2.77.